The van der Waals surface area contributed by atoms with Gasteiger partial charge in [0.1, 0.15) is 5.82 Å². The Kier molecular flexibility index (Phi) is 6.88. The van der Waals surface area contributed by atoms with Gasteiger partial charge in [0.25, 0.3) is 5.91 Å². The van der Waals surface area contributed by atoms with Gasteiger partial charge in [-0.05, 0) is 25.1 Å². The molecule has 0 spiro atoms. The Hall–Kier alpha value is -2.42. The van der Waals surface area contributed by atoms with E-state index in [1.165, 1.54) is 23.1 Å². The summed E-state index contributed by atoms with van der Waals surface area (Å²) in [5.41, 5.74) is 0.191. The Bertz CT molecular complexity index is 540. The molecule has 0 aromatic heterocycles. The lowest BCUT2D eigenvalue weighted by Gasteiger charge is -2.21. The number of halogens is 1. The lowest BCUT2D eigenvalue weighted by molar-refractivity contribution is -0.143. The highest BCUT2D eigenvalue weighted by molar-refractivity contribution is 5.94. The van der Waals surface area contributed by atoms with Gasteiger partial charge in [-0.1, -0.05) is 6.07 Å². The number of hydrogen-bond donors (Lipinski definition) is 0. The number of carbonyl (C=O) groups excluding carboxylic acids is 2. The van der Waals surface area contributed by atoms with Gasteiger partial charge < -0.3 is 9.64 Å². The van der Waals surface area contributed by atoms with Crippen LogP contribution >= 0.6 is 0 Å². The minimum Gasteiger partial charge on any atom is -0.466 e. The van der Waals surface area contributed by atoms with Crippen LogP contribution in [0.25, 0.3) is 0 Å². The standard InChI is InChI=1S/C15H17FN2O3/c1-2-21-14(19)7-10-18(9-4-8-17)15(20)12-5-3-6-13(16)11-12/h3,5-6,11H,2,4,7,9-10H2,1H3. The average molecular weight is 292 g/mol. The Morgan fingerprint density at radius 2 is 2.14 bits per heavy atom. The van der Waals surface area contributed by atoms with Crippen molar-refractivity contribution in [3.63, 3.8) is 0 Å². The van der Waals surface area contributed by atoms with Gasteiger partial charge in [0, 0.05) is 18.7 Å². The van der Waals surface area contributed by atoms with E-state index in [2.05, 4.69) is 0 Å². The van der Waals surface area contributed by atoms with Crippen LogP contribution in [0.1, 0.15) is 30.1 Å². The van der Waals surface area contributed by atoms with Gasteiger partial charge in [0.15, 0.2) is 0 Å². The number of carbonyl (C=O) groups is 2. The van der Waals surface area contributed by atoms with Gasteiger partial charge in [-0.15, -0.1) is 0 Å². The van der Waals surface area contributed by atoms with Crippen LogP contribution in [0.2, 0.25) is 0 Å². The van der Waals surface area contributed by atoms with E-state index in [4.69, 9.17) is 10.00 Å². The summed E-state index contributed by atoms with van der Waals surface area (Å²) in [6.07, 6.45) is 0.185. The normalized spacial score (nSPS) is 9.76. The molecule has 0 saturated carbocycles. The number of nitrogens with zero attached hydrogens (tertiary/aromatic N) is 2. The molecule has 0 radical (unpaired) electrons. The van der Waals surface area contributed by atoms with E-state index in [0.717, 1.165) is 6.07 Å². The summed E-state index contributed by atoms with van der Waals surface area (Å²) < 4.78 is 18.0. The van der Waals surface area contributed by atoms with Crippen molar-refractivity contribution in [2.45, 2.75) is 19.8 Å². The monoisotopic (exact) mass is 292 g/mol. The van der Waals surface area contributed by atoms with Crippen LogP contribution < -0.4 is 0 Å². The van der Waals surface area contributed by atoms with Gasteiger partial charge in [-0.2, -0.15) is 5.26 Å². The van der Waals surface area contributed by atoms with Crippen LogP contribution in [0.5, 0.6) is 0 Å². The molecule has 5 nitrogen and oxygen atoms in total. The van der Waals surface area contributed by atoms with Gasteiger partial charge in [0.2, 0.25) is 0 Å². The molecule has 0 bridgehead atoms. The van der Waals surface area contributed by atoms with E-state index in [1.54, 1.807) is 6.92 Å². The van der Waals surface area contributed by atoms with Crippen molar-refractivity contribution in [2.75, 3.05) is 19.7 Å². The molecule has 1 rings (SSSR count). The first kappa shape index (κ1) is 16.6. The molecule has 1 aromatic carbocycles. The van der Waals surface area contributed by atoms with Gasteiger partial charge in [-0.25, -0.2) is 4.39 Å². The minimum absolute atomic E-state index is 0.0420. The van der Waals surface area contributed by atoms with Gasteiger partial charge in [-0.3, -0.25) is 9.59 Å². The summed E-state index contributed by atoms with van der Waals surface area (Å²) in [5, 5.41) is 8.63. The summed E-state index contributed by atoms with van der Waals surface area (Å²) in [5.74, 6) is -1.33. The van der Waals surface area contributed by atoms with Crippen LogP contribution in [0.15, 0.2) is 24.3 Å². The van der Waals surface area contributed by atoms with E-state index in [9.17, 15) is 14.0 Å². The first-order chi connectivity index (χ1) is 10.1. The lowest BCUT2D eigenvalue weighted by Crippen LogP contribution is -2.34. The minimum atomic E-state index is -0.508. The van der Waals surface area contributed by atoms with Crippen molar-refractivity contribution in [2.24, 2.45) is 0 Å². The third-order valence-corrected chi connectivity index (χ3v) is 2.74. The molecule has 0 fully saturated rings. The molecule has 6 heteroatoms. The van der Waals surface area contributed by atoms with Crippen molar-refractivity contribution >= 4 is 11.9 Å². The van der Waals surface area contributed by atoms with Crippen LogP contribution in [-0.2, 0) is 9.53 Å². The Morgan fingerprint density at radius 3 is 2.76 bits per heavy atom. The molecule has 0 N–H and O–H groups in total. The molecular weight excluding hydrogens is 275 g/mol. The summed E-state index contributed by atoms with van der Waals surface area (Å²) in [4.78, 5) is 25.0. The summed E-state index contributed by atoms with van der Waals surface area (Å²) in [6.45, 7) is 2.29. The van der Waals surface area contributed by atoms with Crippen molar-refractivity contribution in [3.8, 4) is 6.07 Å². The van der Waals surface area contributed by atoms with Crippen LogP contribution in [0.4, 0.5) is 4.39 Å². The molecular formula is C15H17FN2O3. The first-order valence-corrected chi connectivity index (χ1v) is 6.66. The van der Waals surface area contributed by atoms with Crippen molar-refractivity contribution < 1.29 is 18.7 Å². The summed E-state index contributed by atoms with van der Waals surface area (Å²) >= 11 is 0. The zero-order chi connectivity index (χ0) is 15.7. The first-order valence-electron chi connectivity index (χ1n) is 6.66. The second kappa shape index (κ2) is 8.69. The zero-order valence-electron chi connectivity index (χ0n) is 11.8. The summed E-state index contributed by atoms with van der Waals surface area (Å²) in [7, 11) is 0. The molecule has 0 saturated heterocycles. The molecule has 0 aliphatic carbocycles. The van der Waals surface area contributed by atoms with Crippen molar-refractivity contribution in [1.82, 2.24) is 4.90 Å². The molecule has 112 valence electrons. The zero-order valence-corrected chi connectivity index (χ0v) is 11.8. The number of amides is 1. The Labute approximate surface area is 122 Å². The van der Waals surface area contributed by atoms with Crippen LogP contribution in [0.3, 0.4) is 0 Å². The lowest BCUT2D eigenvalue weighted by atomic mass is 10.2. The van der Waals surface area contributed by atoms with Crippen LogP contribution in [-0.4, -0.2) is 36.5 Å². The highest BCUT2D eigenvalue weighted by Gasteiger charge is 2.17. The van der Waals surface area contributed by atoms with Crippen LogP contribution in [0, 0.1) is 17.1 Å². The summed E-state index contributed by atoms with van der Waals surface area (Å²) in [6, 6.07) is 7.26. The number of nitriles is 1. The van der Waals surface area contributed by atoms with Gasteiger partial charge in [0.05, 0.1) is 25.5 Å². The molecule has 21 heavy (non-hydrogen) atoms. The van der Waals surface area contributed by atoms with E-state index >= 15 is 0 Å². The maximum atomic E-state index is 13.2. The fourth-order valence-electron chi connectivity index (χ4n) is 1.76. The number of hydrogen-bond acceptors (Lipinski definition) is 4. The fraction of sp³-hybridized carbons (Fsp3) is 0.400. The second-order valence-corrected chi connectivity index (χ2v) is 4.27. The van der Waals surface area contributed by atoms with Crippen molar-refractivity contribution in [1.29, 1.82) is 5.26 Å². The smallest absolute Gasteiger partial charge is 0.307 e. The number of ether oxygens (including phenoxy) is 1. The highest BCUT2D eigenvalue weighted by Crippen LogP contribution is 2.09. The highest BCUT2D eigenvalue weighted by atomic mass is 19.1. The average Bonchev–Trinajstić information content (AvgIpc) is 2.47. The van der Waals surface area contributed by atoms with Crippen molar-refractivity contribution in [3.05, 3.63) is 35.6 Å². The van der Waals surface area contributed by atoms with Gasteiger partial charge >= 0.3 is 5.97 Å². The molecule has 1 amide bonds. The third-order valence-electron chi connectivity index (χ3n) is 2.74. The molecule has 1 aromatic rings. The molecule has 0 heterocycles. The molecule has 0 unspecified atom stereocenters. The predicted octanol–water partition coefficient (Wildman–Crippen LogP) is 2.13. The molecule has 0 atom stereocenters. The molecule has 0 aliphatic heterocycles. The topological polar surface area (TPSA) is 70.4 Å². The maximum absolute atomic E-state index is 13.2. The number of esters is 1. The Morgan fingerprint density at radius 1 is 1.38 bits per heavy atom. The quantitative estimate of drug-likeness (QED) is 0.722. The third kappa shape index (κ3) is 5.61. The SMILES string of the molecule is CCOC(=O)CCN(CCC#N)C(=O)c1cccc(F)c1. The van der Waals surface area contributed by atoms with E-state index < -0.39 is 17.7 Å². The Balaban J connectivity index is 2.74. The number of benzene rings is 1. The predicted molar refractivity (Wildman–Crippen MR) is 73.8 cm³/mol. The number of rotatable bonds is 7. The van der Waals surface area contributed by atoms with E-state index in [-0.39, 0.29) is 38.1 Å². The molecule has 0 aliphatic rings. The van der Waals surface area contributed by atoms with E-state index in [1.807, 2.05) is 6.07 Å². The second-order valence-electron chi connectivity index (χ2n) is 4.27. The van der Waals surface area contributed by atoms with E-state index in [0.29, 0.717) is 0 Å². The maximum Gasteiger partial charge on any atom is 0.307 e. The fourth-order valence-corrected chi connectivity index (χ4v) is 1.76. The largest absolute Gasteiger partial charge is 0.466 e.